The molecule has 12 rings (SSSR count). The molecule has 2 aromatic heterocycles. The molecular formula is C60H48N2Si. The molecule has 0 unspecified atom stereocenters. The van der Waals surface area contributed by atoms with Crippen LogP contribution in [0.3, 0.4) is 0 Å². The van der Waals surface area contributed by atoms with Crippen LogP contribution in [0.2, 0.25) is 0 Å². The molecule has 1 saturated carbocycles. The van der Waals surface area contributed by atoms with Crippen LogP contribution in [0.25, 0.3) is 66.1 Å². The lowest BCUT2D eigenvalue weighted by molar-refractivity contribution is 0.444. The van der Waals surface area contributed by atoms with Crippen molar-refractivity contribution in [2.45, 2.75) is 38.0 Å². The molecular weight excluding hydrogens is 777 g/mol. The molecule has 1 aliphatic carbocycles. The average molecular weight is 837 g/mol. The zero-order valence-electron chi connectivity index (χ0n) is 46.4. The normalized spacial score (nSPS) is 16.3. The summed E-state index contributed by atoms with van der Waals surface area (Å²) in [4.78, 5) is 0. The van der Waals surface area contributed by atoms with Gasteiger partial charge in [0.05, 0.1) is 38.5 Å². The van der Waals surface area contributed by atoms with Gasteiger partial charge in [-0.05, 0) is 117 Å². The number of nitrogens with zero attached hydrogens (tertiary/aromatic N) is 2. The first-order valence-electron chi connectivity index (χ1n) is 27.7. The van der Waals surface area contributed by atoms with E-state index in [1.54, 1.807) is 10.6 Å². The fourth-order valence-corrected chi connectivity index (χ4v) is 15.1. The summed E-state index contributed by atoms with van der Waals surface area (Å²) in [7, 11) is -3.03. The highest BCUT2D eigenvalue weighted by molar-refractivity contribution is 7.19. The predicted octanol–water partition coefficient (Wildman–Crippen LogP) is 13.0. The maximum atomic E-state index is 9.77. The van der Waals surface area contributed by atoms with Gasteiger partial charge in [0.1, 0.15) is 0 Å². The van der Waals surface area contributed by atoms with Gasteiger partial charge in [0.2, 0.25) is 0 Å². The summed E-state index contributed by atoms with van der Waals surface area (Å²) in [6.45, 7) is 0. The lowest BCUT2D eigenvalue weighted by Gasteiger charge is -2.34. The number of hydrogen-bond acceptors (Lipinski definition) is 0. The molecule has 0 bridgehead atoms. The van der Waals surface area contributed by atoms with Crippen LogP contribution in [-0.2, 0) is 0 Å². The Morgan fingerprint density at radius 3 is 1.67 bits per heavy atom. The first-order valence-corrected chi connectivity index (χ1v) is 23.7. The van der Waals surface area contributed by atoms with E-state index >= 15 is 0 Å². The maximum Gasteiger partial charge on any atom is 0.179 e. The molecule has 0 radical (unpaired) electrons. The van der Waals surface area contributed by atoms with E-state index in [0.29, 0.717) is 27.6 Å². The van der Waals surface area contributed by atoms with Crippen molar-refractivity contribution in [3.8, 4) is 22.5 Å². The van der Waals surface area contributed by atoms with Crippen molar-refractivity contribution >= 4 is 72.4 Å². The largest absolute Gasteiger partial charge is 0.309 e. The third-order valence-electron chi connectivity index (χ3n) is 13.1. The van der Waals surface area contributed by atoms with Gasteiger partial charge in [-0.15, -0.1) is 0 Å². The third kappa shape index (κ3) is 6.21. The van der Waals surface area contributed by atoms with Gasteiger partial charge < -0.3 is 9.13 Å². The molecule has 0 aliphatic heterocycles. The Bertz CT molecular complexity index is 4010. The van der Waals surface area contributed by atoms with Crippen molar-refractivity contribution in [2.24, 2.45) is 0 Å². The van der Waals surface area contributed by atoms with Crippen molar-refractivity contribution in [1.29, 1.82) is 0 Å². The molecule has 302 valence electrons. The fourth-order valence-electron chi connectivity index (χ4n) is 10.3. The Kier molecular flexibility index (Phi) is 6.69. The summed E-state index contributed by atoms with van der Waals surface area (Å²) >= 11 is 0. The summed E-state index contributed by atoms with van der Waals surface area (Å²) in [5, 5.41) is 6.38. The van der Waals surface area contributed by atoms with Crippen molar-refractivity contribution < 1.29 is 16.4 Å². The van der Waals surface area contributed by atoms with Crippen LogP contribution in [0.4, 0.5) is 0 Å². The van der Waals surface area contributed by atoms with Crippen LogP contribution in [0.15, 0.2) is 224 Å². The van der Waals surface area contributed by atoms with Crippen molar-refractivity contribution in [1.82, 2.24) is 9.13 Å². The molecule has 1 fully saturated rings. The second-order valence-corrected chi connectivity index (χ2v) is 20.4. The standard InChI is InChI=1S/C60H48N2Si/c1-6-19-43(20-7-1)45-33-36-58-54(39-45)53-31-16-17-32-57(53)62(58)48-35-38-60-56(42-48)55-40-46(44-21-8-2-9-22-44)34-37-59(55)61(60)47-23-18-30-52(41-47)63(49-24-10-3-11-25-49,50-26-12-4-13-27-50)51-28-14-5-15-29-51/h2-5,8-18,21-43H,1,6-7,19-20H2/i2D,8D,9D,16D,17D,21D,22D,31D,32D,33D,36D,39D. The Labute approximate surface area is 387 Å². The van der Waals surface area contributed by atoms with E-state index in [4.69, 9.17) is 9.60 Å². The van der Waals surface area contributed by atoms with Crippen molar-refractivity contribution in [2.75, 3.05) is 0 Å². The number of aromatic nitrogens is 2. The summed E-state index contributed by atoms with van der Waals surface area (Å²) in [5.41, 5.74) is 3.87. The van der Waals surface area contributed by atoms with Crippen LogP contribution < -0.4 is 20.7 Å². The zero-order valence-corrected chi connectivity index (χ0v) is 35.4. The Morgan fingerprint density at radius 2 is 0.968 bits per heavy atom. The topological polar surface area (TPSA) is 9.86 Å². The monoisotopic (exact) mass is 836 g/mol. The average Bonchev–Trinajstić information content (AvgIpc) is 4.03. The molecule has 0 spiro atoms. The smallest absolute Gasteiger partial charge is 0.179 e. The number of rotatable bonds is 8. The highest BCUT2D eigenvalue weighted by Crippen LogP contribution is 2.40. The lowest BCUT2D eigenvalue weighted by atomic mass is 9.84. The molecule has 63 heavy (non-hydrogen) atoms. The van der Waals surface area contributed by atoms with Gasteiger partial charge in [-0.3, -0.25) is 0 Å². The summed E-state index contributed by atoms with van der Waals surface area (Å²) in [6.07, 6.45) is 4.44. The lowest BCUT2D eigenvalue weighted by Crippen LogP contribution is -2.74. The Hall–Kier alpha value is -7.20. The summed E-state index contributed by atoms with van der Waals surface area (Å²) in [6, 6.07) is 47.8. The fraction of sp³-hybridized carbons (Fsp3) is 0.100. The summed E-state index contributed by atoms with van der Waals surface area (Å²) in [5.74, 6) is -0.125. The molecule has 1 aliphatic rings. The van der Waals surface area contributed by atoms with Gasteiger partial charge in [0.15, 0.2) is 8.07 Å². The molecule has 2 heterocycles. The minimum Gasteiger partial charge on any atom is -0.309 e. The quantitative estimate of drug-likeness (QED) is 0.107. The van der Waals surface area contributed by atoms with E-state index in [1.807, 2.05) is 48.5 Å². The van der Waals surface area contributed by atoms with Crippen molar-refractivity contribution in [3.05, 3.63) is 230 Å². The number of benzene rings is 9. The maximum absolute atomic E-state index is 9.77. The highest BCUT2D eigenvalue weighted by Gasteiger charge is 2.41. The summed E-state index contributed by atoms with van der Waals surface area (Å²) < 4.78 is 113. The van der Waals surface area contributed by atoms with E-state index < -0.39 is 38.3 Å². The van der Waals surface area contributed by atoms with E-state index in [2.05, 4.69) is 102 Å². The van der Waals surface area contributed by atoms with Crippen molar-refractivity contribution in [3.63, 3.8) is 0 Å². The van der Waals surface area contributed by atoms with Gasteiger partial charge in [-0.2, -0.15) is 0 Å². The zero-order chi connectivity index (χ0) is 52.2. The van der Waals surface area contributed by atoms with E-state index in [1.165, 1.54) is 15.6 Å². The van der Waals surface area contributed by atoms with Crippen LogP contribution in [0.5, 0.6) is 0 Å². The minimum atomic E-state index is -3.03. The highest BCUT2D eigenvalue weighted by atomic mass is 28.3. The molecule has 0 saturated heterocycles. The van der Waals surface area contributed by atoms with Gasteiger partial charge in [-0.1, -0.05) is 183 Å². The minimum absolute atomic E-state index is 0.00800. The number of fused-ring (bicyclic) bond motifs is 6. The molecule has 11 aromatic rings. The van der Waals surface area contributed by atoms with E-state index in [-0.39, 0.29) is 75.6 Å². The van der Waals surface area contributed by atoms with E-state index in [0.717, 1.165) is 54.0 Å². The van der Waals surface area contributed by atoms with Crippen LogP contribution in [-0.4, -0.2) is 17.2 Å². The third-order valence-corrected chi connectivity index (χ3v) is 17.9. The Balaban J connectivity index is 1.18. The van der Waals surface area contributed by atoms with Gasteiger partial charge in [0, 0.05) is 32.9 Å². The molecule has 0 N–H and O–H groups in total. The number of hydrogen-bond donors (Lipinski definition) is 0. The molecule has 0 atom stereocenters. The first-order chi connectivity index (χ1) is 36.2. The van der Waals surface area contributed by atoms with Gasteiger partial charge in [0.25, 0.3) is 0 Å². The Morgan fingerprint density at radius 1 is 0.397 bits per heavy atom. The van der Waals surface area contributed by atoms with Crippen LogP contribution in [0.1, 0.15) is 60.0 Å². The van der Waals surface area contributed by atoms with Gasteiger partial charge in [-0.25, -0.2) is 0 Å². The number of para-hydroxylation sites is 1. The second kappa shape index (κ2) is 15.6. The predicted molar refractivity (Wildman–Crippen MR) is 270 cm³/mol. The van der Waals surface area contributed by atoms with Crippen LogP contribution in [0, 0.1) is 0 Å². The molecule has 3 heteroatoms. The van der Waals surface area contributed by atoms with E-state index in [9.17, 15) is 6.85 Å². The molecule has 0 amide bonds. The molecule has 9 aromatic carbocycles. The first kappa shape index (κ1) is 27.0. The SMILES string of the molecule is [2H]c1c([2H])c([2H])c(-c2ccc3c(c2)c2cc(-n4c5c([2H])c([2H])c([2H])c([2H])c5c5c([2H])c(C6CCCCC6)c([2H])c([2H])c54)ccc2n3-c2cccc([Si](c3ccccc3)(c3ccccc3)c3ccccc3)c2)c([2H])c1[2H]. The second-order valence-electron chi connectivity index (χ2n) is 16.6. The van der Waals surface area contributed by atoms with Gasteiger partial charge >= 0.3 is 0 Å². The van der Waals surface area contributed by atoms with Crippen LogP contribution >= 0.6 is 0 Å². The molecule has 2 nitrogen and oxygen atoms in total.